The van der Waals surface area contributed by atoms with E-state index in [1.807, 2.05) is 12.1 Å². The lowest BCUT2D eigenvalue weighted by Gasteiger charge is -2.19. The van der Waals surface area contributed by atoms with Gasteiger partial charge >= 0.3 is 11.9 Å². The van der Waals surface area contributed by atoms with Crippen LogP contribution in [-0.2, 0) is 25.5 Å². The maximum atomic E-state index is 15.0. The molecular weight excluding hydrogens is 490 g/mol. The fourth-order valence-corrected chi connectivity index (χ4v) is 3.53. The second kappa shape index (κ2) is 15.0. The highest BCUT2D eigenvalue weighted by Gasteiger charge is 2.21. The van der Waals surface area contributed by atoms with Crippen molar-refractivity contribution >= 4 is 23.6 Å². The number of benzene rings is 2. The SMILES string of the molecule is C=C(C)C(=O)OCC(COC(=O)C(=C)C(C)O)c1ccc(/C(F)=C(\F)c2ccc(CCCCC)cc2)cc1. The number of aliphatic hydroxyl groups is 1. The Hall–Kier alpha value is -3.58. The number of rotatable bonds is 14. The molecule has 0 spiro atoms. The van der Waals surface area contributed by atoms with Crippen molar-refractivity contribution in [1.29, 1.82) is 0 Å². The van der Waals surface area contributed by atoms with E-state index in [0.717, 1.165) is 31.2 Å². The van der Waals surface area contributed by atoms with Crippen molar-refractivity contribution in [2.75, 3.05) is 13.2 Å². The third-order valence-corrected chi connectivity index (χ3v) is 6.05. The van der Waals surface area contributed by atoms with Crippen LogP contribution in [0.4, 0.5) is 8.78 Å². The molecule has 5 nitrogen and oxygen atoms in total. The van der Waals surface area contributed by atoms with Gasteiger partial charge < -0.3 is 14.6 Å². The third-order valence-electron chi connectivity index (χ3n) is 6.05. The van der Waals surface area contributed by atoms with E-state index in [1.165, 1.54) is 26.0 Å². The summed E-state index contributed by atoms with van der Waals surface area (Å²) in [6.07, 6.45) is 3.11. The molecule has 2 rings (SSSR count). The summed E-state index contributed by atoms with van der Waals surface area (Å²) < 4.78 is 40.3. The van der Waals surface area contributed by atoms with Gasteiger partial charge in [-0.2, -0.15) is 0 Å². The van der Waals surface area contributed by atoms with Gasteiger partial charge in [-0.15, -0.1) is 0 Å². The Balaban J connectivity index is 2.19. The van der Waals surface area contributed by atoms with E-state index in [0.29, 0.717) is 5.56 Å². The molecule has 2 atom stereocenters. The van der Waals surface area contributed by atoms with Gasteiger partial charge in [0.2, 0.25) is 0 Å². The minimum Gasteiger partial charge on any atom is -0.462 e. The molecule has 2 aromatic carbocycles. The van der Waals surface area contributed by atoms with Crippen LogP contribution in [0.5, 0.6) is 0 Å². The van der Waals surface area contributed by atoms with E-state index in [-0.39, 0.29) is 35.5 Å². The van der Waals surface area contributed by atoms with Crippen LogP contribution in [0.3, 0.4) is 0 Å². The second-order valence-corrected chi connectivity index (χ2v) is 9.28. The van der Waals surface area contributed by atoms with Crippen molar-refractivity contribution in [1.82, 2.24) is 0 Å². The Labute approximate surface area is 223 Å². The summed E-state index contributed by atoms with van der Waals surface area (Å²) in [6.45, 7) is 11.7. The fraction of sp³-hybridized carbons (Fsp3) is 0.355. The molecule has 7 heteroatoms. The first-order chi connectivity index (χ1) is 18.0. The van der Waals surface area contributed by atoms with E-state index in [4.69, 9.17) is 9.47 Å². The summed E-state index contributed by atoms with van der Waals surface area (Å²) in [5, 5.41) is 9.53. The zero-order chi connectivity index (χ0) is 28.2. The van der Waals surface area contributed by atoms with E-state index in [9.17, 15) is 23.5 Å². The van der Waals surface area contributed by atoms with Crippen molar-refractivity contribution < 1.29 is 33.0 Å². The molecule has 1 N–H and O–H groups in total. The summed E-state index contributed by atoms with van der Waals surface area (Å²) in [5.74, 6) is -3.97. The maximum absolute atomic E-state index is 15.0. The standard InChI is InChI=1S/C31H36F2O5/c1-6-7-8-9-23-10-12-25(13-11-23)28(32)29(33)26-16-14-24(15-17-26)27(18-37-30(35)20(2)3)19-38-31(36)21(4)22(5)34/h10-17,22,27,34H,2,4,6-9,18-19H2,1,3,5H3/b29-28+. The van der Waals surface area contributed by atoms with Crippen LogP contribution in [0.15, 0.2) is 72.8 Å². The molecule has 2 unspecified atom stereocenters. The van der Waals surface area contributed by atoms with Gasteiger partial charge in [0.05, 0.1) is 17.6 Å². The fourth-order valence-electron chi connectivity index (χ4n) is 3.53. The highest BCUT2D eigenvalue weighted by molar-refractivity contribution is 5.89. The average molecular weight is 527 g/mol. The molecule has 0 aromatic heterocycles. The molecule has 0 heterocycles. The highest BCUT2D eigenvalue weighted by Crippen LogP contribution is 2.30. The molecule has 0 saturated carbocycles. The number of carbonyl (C=O) groups excluding carboxylic acids is 2. The van der Waals surface area contributed by atoms with Gasteiger partial charge in [-0.05, 0) is 37.8 Å². The Kier molecular flexibility index (Phi) is 12.1. The maximum Gasteiger partial charge on any atom is 0.336 e. The number of aliphatic hydroxyl groups excluding tert-OH is 1. The van der Waals surface area contributed by atoms with E-state index in [1.54, 1.807) is 24.3 Å². The van der Waals surface area contributed by atoms with E-state index < -0.39 is 35.6 Å². The first kappa shape index (κ1) is 30.6. The summed E-state index contributed by atoms with van der Waals surface area (Å²) in [6, 6.07) is 12.7. The van der Waals surface area contributed by atoms with Gasteiger partial charge in [0.25, 0.3) is 0 Å². The molecule has 0 aliphatic heterocycles. The minimum atomic E-state index is -1.08. The number of carbonyl (C=O) groups is 2. The van der Waals surface area contributed by atoms with Crippen LogP contribution >= 0.6 is 0 Å². The molecule has 38 heavy (non-hydrogen) atoms. The molecule has 0 aliphatic carbocycles. The smallest absolute Gasteiger partial charge is 0.336 e. The zero-order valence-corrected chi connectivity index (χ0v) is 22.3. The summed E-state index contributed by atoms with van der Waals surface area (Å²) >= 11 is 0. The van der Waals surface area contributed by atoms with Crippen LogP contribution < -0.4 is 0 Å². The van der Waals surface area contributed by atoms with Gasteiger partial charge in [0.15, 0.2) is 11.7 Å². The molecule has 0 radical (unpaired) electrons. The molecule has 2 aromatic rings. The molecule has 0 fully saturated rings. The number of hydrogen-bond acceptors (Lipinski definition) is 5. The summed E-state index contributed by atoms with van der Waals surface area (Å²) in [5.41, 5.74) is 1.93. The molecule has 0 amide bonds. The summed E-state index contributed by atoms with van der Waals surface area (Å²) in [4.78, 5) is 24.0. The predicted molar refractivity (Wildman–Crippen MR) is 145 cm³/mol. The first-order valence-corrected chi connectivity index (χ1v) is 12.7. The van der Waals surface area contributed by atoms with Gasteiger partial charge in [-0.1, -0.05) is 81.5 Å². The molecular formula is C31H36F2O5. The van der Waals surface area contributed by atoms with Crippen LogP contribution in [0.25, 0.3) is 11.7 Å². The average Bonchev–Trinajstić information content (AvgIpc) is 2.92. The van der Waals surface area contributed by atoms with E-state index in [2.05, 4.69) is 20.1 Å². The molecule has 0 bridgehead atoms. The minimum absolute atomic E-state index is 0.0374. The Morgan fingerprint density at radius 3 is 1.84 bits per heavy atom. The lowest BCUT2D eigenvalue weighted by atomic mass is 9.98. The topological polar surface area (TPSA) is 72.8 Å². The van der Waals surface area contributed by atoms with E-state index >= 15 is 0 Å². The number of ether oxygens (including phenoxy) is 2. The van der Waals surface area contributed by atoms with Crippen molar-refractivity contribution in [3.8, 4) is 0 Å². The van der Waals surface area contributed by atoms with Crippen molar-refractivity contribution in [3.63, 3.8) is 0 Å². The van der Waals surface area contributed by atoms with Gasteiger partial charge in [-0.3, -0.25) is 0 Å². The van der Waals surface area contributed by atoms with Gasteiger partial charge in [0.1, 0.15) is 13.2 Å². The number of esters is 2. The van der Waals surface area contributed by atoms with Crippen molar-refractivity contribution in [2.45, 2.75) is 58.5 Å². The number of aryl methyl sites for hydroxylation is 1. The monoisotopic (exact) mass is 526 g/mol. The normalized spacial score (nSPS) is 13.2. The van der Waals surface area contributed by atoms with Gasteiger partial charge in [-0.25, -0.2) is 18.4 Å². The lowest BCUT2D eigenvalue weighted by Crippen LogP contribution is -2.22. The largest absolute Gasteiger partial charge is 0.462 e. The summed E-state index contributed by atoms with van der Waals surface area (Å²) in [7, 11) is 0. The van der Waals surface area contributed by atoms with Crippen LogP contribution in [-0.4, -0.2) is 36.4 Å². The third kappa shape index (κ3) is 9.06. The van der Waals surface area contributed by atoms with Crippen molar-refractivity contribution in [2.24, 2.45) is 0 Å². The Bertz CT molecular complexity index is 1150. The van der Waals surface area contributed by atoms with Crippen LogP contribution in [0.2, 0.25) is 0 Å². The Morgan fingerprint density at radius 1 is 0.868 bits per heavy atom. The second-order valence-electron chi connectivity index (χ2n) is 9.28. The highest BCUT2D eigenvalue weighted by atomic mass is 19.2. The Morgan fingerprint density at radius 2 is 1.37 bits per heavy atom. The quantitative estimate of drug-likeness (QED) is 0.126. The van der Waals surface area contributed by atoms with Crippen LogP contribution in [0.1, 0.15) is 68.2 Å². The van der Waals surface area contributed by atoms with Crippen LogP contribution in [0, 0.1) is 0 Å². The molecule has 0 saturated heterocycles. The van der Waals surface area contributed by atoms with Gasteiger partial charge in [0, 0.05) is 16.7 Å². The molecule has 204 valence electrons. The lowest BCUT2D eigenvalue weighted by molar-refractivity contribution is -0.143. The zero-order valence-electron chi connectivity index (χ0n) is 22.3. The number of halogens is 2. The predicted octanol–water partition coefficient (Wildman–Crippen LogP) is 6.87. The first-order valence-electron chi connectivity index (χ1n) is 12.7. The number of unbranched alkanes of at least 4 members (excludes halogenated alkanes) is 2. The van der Waals surface area contributed by atoms with Crippen molar-refractivity contribution in [3.05, 3.63) is 95.1 Å². The number of hydrogen-bond donors (Lipinski definition) is 1. The molecule has 0 aliphatic rings.